The van der Waals surface area contributed by atoms with Gasteiger partial charge >= 0.3 is 0 Å². The van der Waals surface area contributed by atoms with E-state index in [2.05, 4.69) is 39.4 Å². The molecule has 0 atom stereocenters. The van der Waals surface area contributed by atoms with Gasteiger partial charge < -0.3 is 14.1 Å². The number of carbonyl (C=O) groups excluding carboxylic acids is 3. The number of fused-ring (bicyclic) bond motifs is 5. The van der Waals surface area contributed by atoms with Crippen LogP contribution in [0.25, 0.3) is 33.8 Å². The van der Waals surface area contributed by atoms with Gasteiger partial charge in [-0.3, -0.25) is 19.7 Å². The number of aromatic nitrogens is 3. The normalized spacial score (nSPS) is 14.7. The van der Waals surface area contributed by atoms with Crippen LogP contribution in [0.15, 0.2) is 36.4 Å². The molecule has 1 aliphatic carbocycles. The van der Waals surface area contributed by atoms with Crippen molar-refractivity contribution in [1.29, 1.82) is 0 Å². The Morgan fingerprint density at radius 2 is 1.84 bits per heavy atom. The lowest BCUT2D eigenvalue weighted by Crippen LogP contribution is -2.36. The number of nitrogens with zero attached hydrogens (tertiary/aromatic N) is 4. The molecule has 9 nitrogen and oxygen atoms in total. The quantitative estimate of drug-likeness (QED) is 0.229. The van der Waals surface area contributed by atoms with Crippen molar-refractivity contribution in [2.24, 2.45) is 7.05 Å². The molecule has 1 aliphatic heterocycles. The smallest absolute Gasteiger partial charge is 0.265 e. The molecule has 0 unspecified atom stereocenters. The second-order valence-electron chi connectivity index (χ2n) is 11.5. The molecule has 4 aromatic rings. The van der Waals surface area contributed by atoms with Gasteiger partial charge in [-0.05, 0) is 78.8 Å². The number of methoxy groups -OCH3 is 1. The highest BCUT2D eigenvalue weighted by Gasteiger charge is 2.31. The fraction of sp³-hybridized carbons (Fsp3) is 0.353. The molecule has 1 N–H and O–H groups in total. The van der Waals surface area contributed by atoms with Crippen molar-refractivity contribution in [3.8, 4) is 17.0 Å². The van der Waals surface area contributed by atoms with Crippen LogP contribution in [-0.2, 0) is 18.4 Å². The summed E-state index contributed by atoms with van der Waals surface area (Å²) in [6, 6.07) is 12.3. The molecule has 3 heterocycles. The maximum absolute atomic E-state index is 13.1. The molecule has 0 radical (unpaired) electrons. The number of nitrogens with one attached hydrogen (secondary N) is 1. The molecule has 2 aromatic carbocycles. The van der Waals surface area contributed by atoms with E-state index in [0.717, 1.165) is 52.8 Å². The standard InChI is InChI=1S/C33H37N5O3.CH2O/c1-20-28(19-39)31(37(4)34-20)24-15-23-16-25(41-5)12-14-26(23)32-30(21-9-7-6-8-10-21)27-13-11-22(33(40)35-36(2)3)17-29(27)38(32)18-24;1-2/h11-17,19,21H,6-10,18H2,1-5H3,(H,35,40);1H2. The Morgan fingerprint density at radius 1 is 1.09 bits per heavy atom. The highest BCUT2D eigenvalue weighted by molar-refractivity contribution is 6.03. The Kier molecular flexibility index (Phi) is 8.64. The number of allylic oxidation sites excluding steroid dienone is 1. The van der Waals surface area contributed by atoms with Gasteiger partial charge in [-0.25, -0.2) is 5.01 Å². The minimum absolute atomic E-state index is 0.147. The topological polar surface area (TPSA) is 98.5 Å². The van der Waals surface area contributed by atoms with Gasteiger partial charge in [0, 0.05) is 43.2 Å². The van der Waals surface area contributed by atoms with Crippen LogP contribution >= 0.6 is 0 Å². The van der Waals surface area contributed by atoms with E-state index in [9.17, 15) is 9.59 Å². The van der Waals surface area contributed by atoms with Gasteiger partial charge in [0.25, 0.3) is 5.91 Å². The zero-order valence-corrected chi connectivity index (χ0v) is 25.6. The minimum Gasteiger partial charge on any atom is -0.497 e. The Morgan fingerprint density at radius 3 is 2.51 bits per heavy atom. The molecular weight excluding hydrogens is 542 g/mol. The summed E-state index contributed by atoms with van der Waals surface area (Å²) in [7, 11) is 7.19. The lowest BCUT2D eigenvalue weighted by Gasteiger charge is -2.24. The first-order valence-electron chi connectivity index (χ1n) is 14.6. The fourth-order valence-corrected chi connectivity index (χ4v) is 6.79. The van der Waals surface area contributed by atoms with Gasteiger partial charge in [0.2, 0.25) is 0 Å². The Hall–Kier alpha value is -4.50. The summed E-state index contributed by atoms with van der Waals surface area (Å²) >= 11 is 0. The predicted octanol–water partition coefficient (Wildman–Crippen LogP) is 5.79. The first-order valence-corrected chi connectivity index (χ1v) is 14.6. The summed E-state index contributed by atoms with van der Waals surface area (Å²) in [5.74, 6) is 1.07. The molecule has 1 amide bonds. The maximum Gasteiger partial charge on any atom is 0.265 e. The van der Waals surface area contributed by atoms with E-state index in [-0.39, 0.29) is 5.91 Å². The van der Waals surface area contributed by atoms with Crippen molar-refractivity contribution in [2.75, 3.05) is 21.2 Å². The number of ether oxygens (including phenoxy) is 1. The van der Waals surface area contributed by atoms with Crippen LogP contribution < -0.4 is 10.2 Å². The van der Waals surface area contributed by atoms with E-state index in [0.29, 0.717) is 29.3 Å². The summed E-state index contributed by atoms with van der Waals surface area (Å²) in [6.45, 7) is 4.41. The molecule has 1 saturated carbocycles. The second kappa shape index (κ2) is 12.4. The zero-order chi connectivity index (χ0) is 30.8. The number of hydrazine groups is 1. The second-order valence-corrected chi connectivity index (χ2v) is 11.5. The molecule has 6 rings (SSSR count). The van der Waals surface area contributed by atoms with Crippen LogP contribution in [0.1, 0.15) is 81.3 Å². The highest BCUT2D eigenvalue weighted by atomic mass is 16.5. The van der Waals surface area contributed by atoms with Gasteiger partial charge in [0.1, 0.15) is 12.5 Å². The summed E-state index contributed by atoms with van der Waals surface area (Å²) in [5, 5.41) is 7.44. The summed E-state index contributed by atoms with van der Waals surface area (Å²) in [6.07, 6.45) is 9.09. The van der Waals surface area contributed by atoms with E-state index in [1.807, 2.05) is 53.1 Å². The van der Waals surface area contributed by atoms with E-state index in [1.165, 1.54) is 35.9 Å². The van der Waals surface area contributed by atoms with Crippen molar-refractivity contribution in [3.63, 3.8) is 0 Å². The Labute approximate surface area is 252 Å². The van der Waals surface area contributed by atoms with Crippen LogP contribution in [0.2, 0.25) is 0 Å². The number of hydrogen-bond donors (Lipinski definition) is 1. The molecule has 2 aromatic heterocycles. The molecule has 2 aliphatic rings. The average molecular weight is 582 g/mol. The van der Waals surface area contributed by atoms with Gasteiger partial charge in [-0.1, -0.05) is 25.3 Å². The minimum atomic E-state index is -0.147. The first-order chi connectivity index (χ1) is 20.8. The lowest BCUT2D eigenvalue weighted by molar-refractivity contribution is -0.0980. The third-order valence-electron chi connectivity index (χ3n) is 8.57. The van der Waals surface area contributed by atoms with Gasteiger partial charge in [0.05, 0.1) is 36.3 Å². The van der Waals surface area contributed by atoms with Crippen LogP contribution in [0, 0.1) is 6.92 Å². The average Bonchev–Trinajstić information content (AvgIpc) is 3.42. The Balaban J connectivity index is 0.00000180. The van der Waals surface area contributed by atoms with Gasteiger partial charge in [-0.15, -0.1) is 0 Å². The number of aldehydes is 1. The van der Waals surface area contributed by atoms with Crippen molar-refractivity contribution < 1.29 is 19.1 Å². The van der Waals surface area contributed by atoms with Crippen LogP contribution in [0.3, 0.4) is 0 Å². The summed E-state index contributed by atoms with van der Waals surface area (Å²) in [5.41, 5.74) is 12.3. The zero-order valence-electron chi connectivity index (χ0n) is 25.6. The first kappa shape index (κ1) is 30.0. The summed E-state index contributed by atoms with van der Waals surface area (Å²) < 4.78 is 9.80. The lowest BCUT2D eigenvalue weighted by atomic mass is 9.81. The van der Waals surface area contributed by atoms with Crippen LogP contribution in [-0.4, -0.2) is 59.5 Å². The number of aryl methyl sites for hydroxylation is 2. The number of rotatable bonds is 6. The predicted molar refractivity (Wildman–Crippen MR) is 169 cm³/mol. The molecule has 0 bridgehead atoms. The highest BCUT2D eigenvalue weighted by Crippen LogP contribution is 2.48. The SMILES string of the molecule is C=O.COc1ccc2c(c1)C=C(c1c(C=O)c(C)nn1C)Cn1c-2c(C2CCCCC2)c2ccc(C(=O)NN(C)C)cc21. The number of benzene rings is 2. The van der Waals surface area contributed by atoms with Gasteiger partial charge in [0.15, 0.2) is 6.29 Å². The molecule has 9 heteroatoms. The molecule has 43 heavy (non-hydrogen) atoms. The van der Waals surface area contributed by atoms with E-state index in [1.54, 1.807) is 16.8 Å². The van der Waals surface area contributed by atoms with Crippen LogP contribution in [0.4, 0.5) is 0 Å². The van der Waals surface area contributed by atoms with Gasteiger partial charge in [-0.2, -0.15) is 5.10 Å². The number of carbonyl (C=O) groups is 3. The fourth-order valence-electron chi connectivity index (χ4n) is 6.79. The van der Waals surface area contributed by atoms with Crippen molar-refractivity contribution in [2.45, 2.75) is 51.5 Å². The molecule has 0 spiro atoms. The van der Waals surface area contributed by atoms with Crippen molar-refractivity contribution >= 4 is 41.5 Å². The third-order valence-corrected chi connectivity index (χ3v) is 8.57. The number of hydrogen-bond acceptors (Lipinski definition) is 6. The summed E-state index contributed by atoms with van der Waals surface area (Å²) in [4.78, 5) is 33.3. The van der Waals surface area contributed by atoms with Crippen molar-refractivity contribution in [1.82, 2.24) is 24.8 Å². The third kappa shape index (κ3) is 5.41. The van der Waals surface area contributed by atoms with Crippen LogP contribution in [0.5, 0.6) is 5.75 Å². The maximum atomic E-state index is 13.1. The van der Waals surface area contributed by atoms with Crippen molar-refractivity contribution in [3.05, 3.63) is 70.0 Å². The molecular formula is C34H39N5O4. The molecule has 224 valence electrons. The monoisotopic (exact) mass is 581 g/mol. The van der Waals surface area contributed by atoms with E-state index >= 15 is 0 Å². The Bertz CT molecular complexity index is 1720. The van der Waals surface area contributed by atoms with E-state index < -0.39 is 0 Å². The van der Waals surface area contributed by atoms with E-state index in [4.69, 9.17) is 9.53 Å². The molecule has 1 fully saturated rings. The largest absolute Gasteiger partial charge is 0.497 e. The number of amides is 1. The molecule has 0 saturated heterocycles.